The standard InChI is InChI=1S/C7H9O3P.Li.H/c8-7(11(9)10)6-4-2-1-3-5-6;;/h1-5,7-8,11H,(H,9,10);;. The molecule has 0 aliphatic heterocycles. The summed E-state index contributed by atoms with van der Waals surface area (Å²) in [5.41, 5.74) is 0.485. The second-order valence-corrected chi connectivity index (χ2v) is 3.37. The molecule has 0 radical (unpaired) electrons. The third-order valence-electron chi connectivity index (χ3n) is 1.35. The van der Waals surface area contributed by atoms with Gasteiger partial charge in [-0.05, 0) is 5.56 Å². The summed E-state index contributed by atoms with van der Waals surface area (Å²) in [6, 6.07) is 8.43. The van der Waals surface area contributed by atoms with Crippen LogP contribution in [0.25, 0.3) is 0 Å². The van der Waals surface area contributed by atoms with Gasteiger partial charge in [-0.2, -0.15) is 0 Å². The van der Waals surface area contributed by atoms with Crippen molar-refractivity contribution in [2.45, 2.75) is 5.85 Å². The predicted molar refractivity (Wildman–Crippen MR) is 49.8 cm³/mol. The Kier molecular flexibility index (Phi) is 5.57. The molecule has 1 aromatic carbocycles. The predicted octanol–water partition coefficient (Wildman–Crippen LogP) is 0.496. The van der Waals surface area contributed by atoms with E-state index < -0.39 is 13.9 Å². The molecule has 62 valence electrons. The van der Waals surface area contributed by atoms with E-state index in [1.807, 2.05) is 0 Å². The van der Waals surface area contributed by atoms with Crippen LogP contribution in [0.5, 0.6) is 0 Å². The minimum atomic E-state index is -2.86. The van der Waals surface area contributed by atoms with Crippen molar-refractivity contribution in [3.8, 4) is 0 Å². The fourth-order valence-corrected chi connectivity index (χ4v) is 1.26. The summed E-state index contributed by atoms with van der Waals surface area (Å²) in [7, 11) is -2.86. The second kappa shape index (κ2) is 5.59. The van der Waals surface area contributed by atoms with E-state index in [-0.39, 0.29) is 18.9 Å². The average molecular weight is 180 g/mol. The average Bonchev–Trinajstić information content (AvgIpc) is 2.05. The third kappa shape index (κ3) is 3.14. The van der Waals surface area contributed by atoms with Crippen LogP contribution >= 0.6 is 8.03 Å². The number of hydrogen-bond acceptors (Lipinski definition) is 2. The van der Waals surface area contributed by atoms with Crippen LogP contribution in [0.15, 0.2) is 30.3 Å². The van der Waals surface area contributed by atoms with Gasteiger partial charge in [0, 0.05) is 0 Å². The fraction of sp³-hybridized carbons (Fsp3) is 0.143. The molecule has 5 heteroatoms. The molecule has 0 bridgehead atoms. The van der Waals surface area contributed by atoms with Gasteiger partial charge >= 0.3 is 18.9 Å². The Morgan fingerprint density at radius 2 is 1.75 bits per heavy atom. The van der Waals surface area contributed by atoms with Crippen molar-refractivity contribution >= 4 is 26.9 Å². The normalized spacial score (nSPS) is 14.5. The molecule has 0 amide bonds. The Hall–Kier alpha value is -0.0326. The Labute approximate surface area is 83.5 Å². The van der Waals surface area contributed by atoms with Crippen LogP contribution in [0.1, 0.15) is 11.4 Å². The van der Waals surface area contributed by atoms with Crippen molar-refractivity contribution in [2.24, 2.45) is 0 Å². The summed E-state index contributed by atoms with van der Waals surface area (Å²) in [5.74, 6) is -1.22. The zero-order valence-corrected chi connectivity index (χ0v) is 6.77. The molecule has 1 aromatic rings. The molecule has 2 atom stereocenters. The van der Waals surface area contributed by atoms with Crippen LogP contribution in [0.2, 0.25) is 0 Å². The Morgan fingerprint density at radius 3 is 2.17 bits per heavy atom. The van der Waals surface area contributed by atoms with Gasteiger partial charge in [-0.1, -0.05) is 30.3 Å². The molecular weight excluding hydrogens is 170 g/mol. The second-order valence-electron chi connectivity index (χ2n) is 2.15. The van der Waals surface area contributed by atoms with E-state index in [0.717, 1.165) is 0 Å². The quantitative estimate of drug-likeness (QED) is 0.514. The van der Waals surface area contributed by atoms with Crippen LogP contribution in [-0.2, 0) is 4.57 Å². The van der Waals surface area contributed by atoms with Gasteiger partial charge in [0.2, 0.25) is 8.03 Å². The third-order valence-corrected chi connectivity index (χ3v) is 2.15. The van der Waals surface area contributed by atoms with E-state index in [0.29, 0.717) is 5.56 Å². The summed E-state index contributed by atoms with van der Waals surface area (Å²) in [4.78, 5) is 8.57. The van der Waals surface area contributed by atoms with Crippen LogP contribution in [0.3, 0.4) is 0 Å². The topological polar surface area (TPSA) is 57.5 Å². The van der Waals surface area contributed by atoms with Crippen molar-refractivity contribution in [3.05, 3.63) is 35.9 Å². The van der Waals surface area contributed by atoms with Crippen LogP contribution in [-0.4, -0.2) is 28.9 Å². The minimum absolute atomic E-state index is 0. The molecule has 0 saturated heterocycles. The van der Waals surface area contributed by atoms with Gasteiger partial charge in [-0.25, -0.2) is 0 Å². The fourth-order valence-electron chi connectivity index (χ4n) is 0.778. The maximum atomic E-state index is 10.4. The monoisotopic (exact) mass is 180 g/mol. The molecule has 0 spiro atoms. The van der Waals surface area contributed by atoms with Gasteiger partial charge in [0.05, 0.1) is 0 Å². The van der Waals surface area contributed by atoms with Gasteiger partial charge < -0.3 is 10.00 Å². The molecule has 0 heterocycles. The van der Waals surface area contributed by atoms with E-state index in [2.05, 4.69) is 0 Å². The van der Waals surface area contributed by atoms with E-state index >= 15 is 0 Å². The zero-order chi connectivity index (χ0) is 8.27. The van der Waals surface area contributed by atoms with Crippen molar-refractivity contribution < 1.29 is 14.6 Å². The number of aliphatic hydroxyl groups is 1. The molecule has 2 unspecified atom stereocenters. The number of rotatable bonds is 2. The molecule has 0 saturated carbocycles. The van der Waals surface area contributed by atoms with Crippen molar-refractivity contribution in [2.75, 3.05) is 0 Å². The summed E-state index contributed by atoms with van der Waals surface area (Å²) in [6.45, 7) is 0. The molecule has 0 fully saturated rings. The molecule has 0 aromatic heterocycles. The molecule has 0 aliphatic rings. The van der Waals surface area contributed by atoms with Crippen LogP contribution in [0, 0.1) is 0 Å². The molecular formula is C7H10LiO3P. The zero-order valence-electron chi connectivity index (χ0n) is 5.77. The van der Waals surface area contributed by atoms with Crippen molar-refractivity contribution in [3.63, 3.8) is 0 Å². The Bertz CT molecular complexity index is 252. The van der Waals surface area contributed by atoms with Gasteiger partial charge in [-0.15, -0.1) is 0 Å². The Balaban J connectivity index is 0.00000121. The van der Waals surface area contributed by atoms with Crippen molar-refractivity contribution in [1.82, 2.24) is 0 Å². The summed E-state index contributed by atoms with van der Waals surface area (Å²) in [5, 5.41) is 9.08. The SMILES string of the molecule is O=[PH](O)C(O)c1ccccc1.[LiH]. The van der Waals surface area contributed by atoms with Crippen LogP contribution < -0.4 is 0 Å². The number of hydrogen-bond donors (Lipinski definition) is 2. The van der Waals surface area contributed by atoms with Crippen molar-refractivity contribution in [1.29, 1.82) is 0 Å². The molecule has 0 aliphatic carbocycles. The van der Waals surface area contributed by atoms with E-state index in [1.54, 1.807) is 30.3 Å². The van der Waals surface area contributed by atoms with Gasteiger partial charge in [0.15, 0.2) is 5.85 Å². The first-order valence-electron chi connectivity index (χ1n) is 3.17. The van der Waals surface area contributed by atoms with E-state index in [4.69, 9.17) is 10.00 Å². The first-order chi connectivity index (χ1) is 5.22. The van der Waals surface area contributed by atoms with Gasteiger partial charge in [-0.3, -0.25) is 4.57 Å². The van der Waals surface area contributed by atoms with E-state index in [9.17, 15) is 4.57 Å². The van der Waals surface area contributed by atoms with Gasteiger partial charge in [0.25, 0.3) is 0 Å². The first kappa shape index (κ1) is 12.0. The molecule has 3 nitrogen and oxygen atoms in total. The molecule has 12 heavy (non-hydrogen) atoms. The number of benzene rings is 1. The van der Waals surface area contributed by atoms with Gasteiger partial charge in [0.1, 0.15) is 0 Å². The van der Waals surface area contributed by atoms with Crippen LogP contribution in [0.4, 0.5) is 0 Å². The summed E-state index contributed by atoms with van der Waals surface area (Å²) < 4.78 is 10.4. The summed E-state index contributed by atoms with van der Waals surface area (Å²) >= 11 is 0. The van der Waals surface area contributed by atoms with E-state index in [1.165, 1.54) is 0 Å². The maximum absolute atomic E-state index is 10.4. The molecule has 2 N–H and O–H groups in total. The number of aliphatic hydroxyl groups excluding tert-OH is 1. The molecule has 1 rings (SSSR count). The first-order valence-corrected chi connectivity index (χ1v) is 4.61. The summed E-state index contributed by atoms with van der Waals surface area (Å²) in [6.07, 6.45) is 0. The Morgan fingerprint density at radius 1 is 1.25 bits per heavy atom.